The summed E-state index contributed by atoms with van der Waals surface area (Å²) < 4.78 is 13.4. The number of amides is 1. The van der Waals surface area contributed by atoms with Crippen LogP contribution in [0.3, 0.4) is 0 Å². The molecule has 2 aromatic heterocycles. The fraction of sp³-hybridized carbons (Fsp3) is 0.364. The first-order valence-electron chi connectivity index (χ1n) is 9.69. The van der Waals surface area contributed by atoms with Crippen LogP contribution in [0.25, 0.3) is 16.8 Å². The van der Waals surface area contributed by atoms with E-state index < -0.39 is 0 Å². The second-order valence-electron chi connectivity index (χ2n) is 7.46. The normalized spacial score (nSPS) is 14.6. The van der Waals surface area contributed by atoms with Crippen LogP contribution < -0.4 is 14.8 Å². The highest BCUT2D eigenvalue weighted by Gasteiger charge is 2.22. The van der Waals surface area contributed by atoms with Gasteiger partial charge >= 0.3 is 0 Å². The van der Waals surface area contributed by atoms with E-state index in [2.05, 4.69) is 16.5 Å². The Morgan fingerprint density at radius 3 is 2.64 bits per heavy atom. The summed E-state index contributed by atoms with van der Waals surface area (Å²) in [6.45, 7) is 4.63. The Labute approximate surface area is 164 Å². The van der Waals surface area contributed by atoms with E-state index in [0.29, 0.717) is 6.61 Å². The predicted molar refractivity (Wildman–Crippen MR) is 108 cm³/mol. The highest BCUT2D eigenvalue weighted by Crippen LogP contribution is 2.30. The summed E-state index contributed by atoms with van der Waals surface area (Å²) >= 11 is 0. The van der Waals surface area contributed by atoms with E-state index in [1.165, 1.54) is 19.8 Å². The number of carbonyl (C=O) groups is 1. The Morgan fingerprint density at radius 2 is 1.93 bits per heavy atom. The van der Waals surface area contributed by atoms with Crippen molar-refractivity contribution in [3.63, 3.8) is 0 Å². The molecule has 0 aliphatic heterocycles. The molecule has 4 rings (SSSR count). The number of pyridine rings is 1. The Hall–Kier alpha value is -3.02. The fourth-order valence-electron chi connectivity index (χ4n) is 3.02. The molecule has 0 bridgehead atoms. The molecule has 1 aliphatic carbocycles. The number of hydrogen-bond donors (Lipinski definition) is 1. The van der Waals surface area contributed by atoms with E-state index in [0.717, 1.165) is 40.8 Å². The average Bonchev–Trinajstić information content (AvgIpc) is 3.41. The lowest BCUT2D eigenvalue weighted by Crippen LogP contribution is -2.35. The van der Waals surface area contributed by atoms with Crippen molar-refractivity contribution in [1.29, 1.82) is 0 Å². The standard InChI is InChI=1S/C22H25N3O3/c1-15(23-16(2)26)13-27-20-8-5-18(6-9-20)22-11-19-7-10-21(12-25(19)24-22)28-14-17-3-4-17/h5-12,15,17H,3-4,13-14H2,1-2H3,(H,23,26). The zero-order chi connectivity index (χ0) is 19.5. The summed E-state index contributed by atoms with van der Waals surface area (Å²) in [6.07, 6.45) is 4.49. The maximum Gasteiger partial charge on any atom is 0.217 e. The first kappa shape index (κ1) is 18.3. The van der Waals surface area contributed by atoms with Crippen molar-refractivity contribution in [2.45, 2.75) is 32.7 Å². The van der Waals surface area contributed by atoms with Gasteiger partial charge in [0, 0.05) is 12.5 Å². The number of fused-ring (bicyclic) bond motifs is 1. The van der Waals surface area contributed by atoms with E-state index in [-0.39, 0.29) is 11.9 Å². The lowest BCUT2D eigenvalue weighted by molar-refractivity contribution is -0.119. The topological polar surface area (TPSA) is 64.9 Å². The van der Waals surface area contributed by atoms with Crippen LogP contribution in [0.2, 0.25) is 0 Å². The lowest BCUT2D eigenvalue weighted by Gasteiger charge is -2.13. The Morgan fingerprint density at radius 1 is 1.18 bits per heavy atom. The molecule has 1 aromatic carbocycles. The van der Waals surface area contributed by atoms with Gasteiger partial charge in [-0.2, -0.15) is 5.10 Å². The molecule has 1 amide bonds. The smallest absolute Gasteiger partial charge is 0.217 e. The number of aromatic nitrogens is 2. The quantitative estimate of drug-likeness (QED) is 0.648. The molecule has 1 fully saturated rings. The SMILES string of the molecule is CC(=O)NC(C)COc1ccc(-c2cc3ccc(OCC4CC4)cn3n2)cc1. The fourth-order valence-corrected chi connectivity index (χ4v) is 3.02. The van der Waals surface area contributed by atoms with Crippen LogP contribution in [0.5, 0.6) is 11.5 Å². The average molecular weight is 379 g/mol. The third kappa shape index (κ3) is 4.63. The summed E-state index contributed by atoms with van der Waals surface area (Å²) in [5.41, 5.74) is 2.95. The minimum Gasteiger partial charge on any atom is -0.492 e. The minimum absolute atomic E-state index is 0.0352. The largest absolute Gasteiger partial charge is 0.492 e. The summed E-state index contributed by atoms with van der Waals surface area (Å²) in [6, 6.07) is 13.9. The van der Waals surface area contributed by atoms with Crippen LogP contribution in [-0.2, 0) is 4.79 Å². The number of carbonyl (C=O) groups excluding carboxylic acids is 1. The van der Waals surface area contributed by atoms with Crippen molar-refractivity contribution < 1.29 is 14.3 Å². The van der Waals surface area contributed by atoms with Crippen molar-refractivity contribution in [3.05, 3.63) is 48.7 Å². The van der Waals surface area contributed by atoms with Crippen molar-refractivity contribution in [2.75, 3.05) is 13.2 Å². The van der Waals surface area contributed by atoms with E-state index in [9.17, 15) is 4.79 Å². The molecule has 3 aromatic rings. The lowest BCUT2D eigenvalue weighted by atomic mass is 10.1. The van der Waals surface area contributed by atoms with Gasteiger partial charge in [-0.3, -0.25) is 4.79 Å². The number of rotatable bonds is 8. The molecule has 6 heteroatoms. The molecule has 1 atom stereocenters. The molecule has 0 saturated heterocycles. The van der Waals surface area contributed by atoms with E-state index >= 15 is 0 Å². The van der Waals surface area contributed by atoms with Gasteiger partial charge in [-0.25, -0.2) is 4.52 Å². The molecule has 28 heavy (non-hydrogen) atoms. The molecule has 0 radical (unpaired) electrons. The Bertz CT molecular complexity index is 961. The van der Waals surface area contributed by atoms with Crippen LogP contribution in [0.1, 0.15) is 26.7 Å². The van der Waals surface area contributed by atoms with Gasteiger partial charge in [0.2, 0.25) is 5.91 Å². The Balaban J connectivity index is 1.41. The van der Waals surface area contributed by atoms with Gasteiger partial charge in [-0.1, -0.05) is 0 Å². The van der Waals surface area contributed by atoms with Crippen molar-refractivity contribution >= 4 is 11.4 Å². The van der Waals surface area contributed by atoms with E-state index in [4.69, 9.17) is 9.47 Å². The molecular weight excluding hydrogens is 354 g/mol. The number of ether oxygens (including phenoxy) is 2. The third-order valence-corrected chi connectivity index (χ3v) is 4.71. The molecule has 146 valence electrons. The molecule has 0 spiro atoms. The van der Waals surface area contributed by atoms with Crippen LogP contribution >= 0.6 is 0 Å². The predicted octanol–water partition coefficient (Wildman–Crippen LogP) is 3.69. The van der Waals surface area contributed by atoms with Gasteiger partial charge in [-0.05, 0) is 68.1 Å². The van der Waals surface area contributed by atoms with Crippen molar-refractivity contribution in [2.24, 2.45) is 5.92 Å². The van der Waals surface area contributed by atoms with Gasteiger partial charge in [-0.15, -0.1) is 0 Å². The summed E-state index contributed by atoms with van der Waals surface area (Å²) in [4.78, 5) is 11.0. The summed E-state index contributed by atoms with van der Waals surface area (Å²) in [5.74, 6) is 2.29. The molecule has 1 unspecified atom stereocenters. The molecule has 1 aliphatic rings. The summed E-state index contributed by atoms with van der Waals surface area (Å²) in [7, 11) is 0. The van der Waals surface area contributed by atoms with Gasteiger partial charge < -0.3 is 14.8 Å². The second-order valence-corrected chi connectivity index (χ2v) is 7.46. The van der Waals surface area contributed by atoms with E-state index in [1.807, 2.05) is 54.0 Å². The number of hydrogen-bond acceptors (Lipinski definition) is 4. The first-order valence-corrected chi connectivity index (χ1v) is 9.69. The van der Waals surface area contributed by atoms with Crippen LogP contribution in [0.4, 0.5) is 0 Å². The van der Waals surface area contributed by atoms with Crippen LogP contribution in [0, 0.1) is 5.92 Å². The number of benzene rings is 1. The van der Waals surface area contributed by atoms with E-state index in [1.54, 1.807) is 0 Å². The first-order chi connectivity index (χ1) is 13.6. The maximum atomic E-state index is 11.0. The second kappa shape index (κ2) is 7.92. The highest BCUT2D eigenvalue weighted by molar-refractivity contribution is 5.73. The molecule has 1 N–H and O–H groups in total. The monoisotopic (exact) mass is 379 g/mol. The minimum atomic E-state index is -0.0561. The molecule has 1 saturated carbocycles. The molecule has 6 nitrogen and oxygen atoms in total. The maximum absolute atomic E-state index is 11.0. The van der Waals surface area contributed by atoms with Crippen LogP contribution in [-0.4, -0.2) is 34.8 Å². The Kier molecular flexibility index (Phi) is 5.19. The van der Waals surface area contributed by atoms with Gasteiger partial charge in [0.05, 0.1) is 30.1 Å². The van der Waals surface area contributed by atoms with Gasteiger partial charge in [0.1, 0.15) is 18.1 Å². The van der Waals surface area contributed by atoms with Gasteiger partial charge in [0.15, 0.2) is 0 Å². The van der Waals surface area contributed by atoms with Crippen molar-refractivity contribution in [1.82, 2.24) is 14.9 Å². The molecular formula is C22H25N3O3. The van der Waals surface area contributed by atoms with Crippen LogP contribution in [0.15, 0.2) is 48.7 Å². The van der Waals surface area contributed by atoms with Gasteiger partial charge in [0.25, 0.3) is 0 Å². The summed E-state index contributed by atoms with van der Waals surface area (Å²) in [5, 5.41) is 7.47. The molecule has 2 heterocycles. The highest BCUT2D eigenvalue weighted by atomic mass is 16.5. The number of nitrogens with zero attached hydrogens (tertiary/aromatic N) is 2. The number of nitrogens with one attached hydrogen (secondary N) is 1. The zero-order valence-corrected chi connectivity index (χ0v) is 16.2. The van der Waals surface area contributed by atoms with Crippen molar-refractivity contribution in [3.8, 4) is 22.8 Å². The zero-order valence-electron chi connectivity index (χ0n) is 16.2. The third-order valence-electron chi connectivity index (χ3n) is 4.71.